The van der Waals surface area contributed by atoms with Gasteiger partial charge in [-0.3, -0.25) is 9.59 Å². The number of benzene rings is 2. The molecule has 0 saturated carbocycles. The first-order valence-electron chi connectivity index (χ1n) is 10.7. The number of amides is 2. The van der Waals surface area contributed by atoms with Gasteiger partial charge in [-0.1, -0.05) is 17.7 Å². The van der Waals surface area contributed by atoms with E-state index in [1.165, 1.54) is 0 Å². The minimum Gasteiger partial charge on any atom is -0.369 e. The zero-order valence-electron chi connectivity index (χ0n) is 18.6. The number of nitrogens with one attached hydrogen (secondary N) is 2. The fraction of sp³-hybridized carbons (Fsp3) is 0.417. The van der Waals surface area contributed by atoms with E-state index < -0.39 is 6.04 Å². The van der Waals surface area contributed by atoms with E-state index in [0.29, 0.717) is 12.0 Å². The van der Waals surface area contributed by atoms with Crippen LogP contribution < -0.4 is 15.5 Å². The minimum atomic E-state index is -0.585. The first kappa shape index (κ1) is 23.2. The predicted molar refractivity (Wildman–Crippen MR) is 130 cm³/mol. The van der Waals surface area contributed by atoms with Crippen LogP contribution in [0.3, 0.4) is 0 Å². The average molecular weight is 441 g/mol. The molecule has 0 aromatic heterocycles. The highest BCUT2D eigenvalue weighted by Crippen LogP contribution is 2.20. The van der Waals surface area contributed by atoms with Crippen molar-refractivity contribution in [2.24, 2.45) is 0 Å². The number of nitrogens with zero attached hydrogens (tertiary/aromatic N) is 2. The van der Waals surface area contributed by atoms with Gasteiger partial charge in [-0.15, -0.1) is 0 Å². The maximum Gasteiger partial charge on any atom is 0.251 e. The quantitative estimate of drug-likeness (QED) is 0.660. The second-order valence-electron chi connectivity index (χ2n) is 8.00. The number of carbonyl (C=O) groups excluding carboxylic acids is 2. The third-order valence-corrected chi connectivity index (χ3v) is 6.16. The molecule has 1 atom stereocenters. The number of hydrogen-bond acceptors (Lipinski definition) is 5. The predicted octanol–water partition coefficient (Wildman–Crippen LogP) is 3.24. The van der Waals surface area contributed by atoms with Crippen LogP contribution in [-0.4, -0.2) is 68.0 Å². The van der Waals surface area contributed by atoms with E-state index in [0.717, 1.165) is 48.9 Å². The van der Waals surface area contributed by atoms with Crippen molar-refractivity contribution in [1.29, 1.82) is 0 Å². The molecule has 1 unspecified atom stereocenters. The van der Waals surface area contributed by atoms with Gasteiger partial charge in [0, 0.05) is 43.1 Å². The van der Waals surface area contributed by atoms with E-state index in [2.05, 4.69) is 27.5 Å². The molecule has 7 heteroatoms. The van der Waals surface area contributed by atoms with Gasteiger partial charge in [0.05, 0.1) is 0 Å². The maximum absolute atomic E-state index is 12.9. The third-order valence-electron chi connectivity index (χ3n) is 5.52. The van der Waals surface area contributed by atoms with Gasteiger partial charge in [-0.05, 0) is 68.8 Å². The Balaban J connectivity index is 1.62. The van der Waals surface area contributed by atoms with Gasteiger partial charge in [-0.2, -0.15) is 11.8 Å². The van der Waals surface area contributed by atoms with E-state index in [-0.39, 0.29) is 11.8 Å². The van der Waals surface area contributed by atoms with Crippen LogP contribution in [0.25, 0.3) is 0 Å². The molecule has 0 bridgehead atoms. The number of piperazine rings is 1. The lowest BCUT2D eigenvalue weighted by Crippen LogP contribution is -2.44. The highest BCUT2D eigenvalue weighted by Gasteiger charge is 2.22. The van der Waals surface area contributed by atoms with Crippen molar-refractivity contribution in [3.05, 3.63) is 59.7 Å². The van der Waals surface area contributed by atoms with Gasteiger partial charge in [0.1, 0.15) is 6.04 Å². The summed E-state index contributed by atoms with van der Waals surface area (Å²) in [7, 11) is 2.14. The molecule has 1 fully saturated rings. The van der Waals surface area contributed by atoms with E-state index in [1.807, 2.05) is 55.6 Å². The summed E-state index contributed by atoms with van der Waals surface area (Å²) in [6.45, 7) is 6.06. The van der Waals surface area contributed by atoms with Crippen LogP contribution in [0.1, 0.15) is 22.3 Å². The monoisotopic (exact) mass is 440 g/mol. The molecule has 1 saturated heterocycles. The Morgan fingerprint density at radius 2 is 1.77 bits per heavy atom. The summed E-state index contributed by atoms with van der Waals surface area (Å²) in [4.78, 5) is 30.3. The molecule has 0 spiro atoms. The van der Waals surface area contributed by atoms with Gasteiger partial charge in [0.15, 0.2) is 0 Å². The van der Waals surface area contributed by atoms with E-state index in [9.17, 15) is 9.59 Å². The molecule has 2 N–H and O–H groups in total. The lowest BCUT2D eigenvalue weighted by atomic mass is 10.1. The van der Waals surface area contributed by atoms with E-state index in [4.69, 9.17) is 0 Å². The second-order valence-corrected chi connectivity index (χ2v) is 8.99. The fourth-order valence-electron chi connectivity index (χ4n) is 3.58. The first-order valence-corrected chi connectivity index (χ1v) is 12.1. The average Bonchev–Trinajstić information content (AvgIpc) is 2.77. The van der Waals surface area contributed by atoms with Crippen LogP contribution in [0.2, 0.25) is 0 Å². The lowest BCUT2D eigenvalue weighted by Gasteiger charge is -2.34. The topological polar surface area (TPSA) is 64.7 Å². The molecule has 31 heavy (non-hydrogen) atoms. The fourth-order valence-corrected chi connectivity index (χ4v) is 4.05. The molecule has 1 heterocycles. The van der Waals surface area contributed by atoms with E-state index >= 15 is 0 Å². The lowest BCUT2D eigenvalue weighted by molar-refractivity contribution is -0.118. The number of hydrogen-bond donors (Lipinski definition) is 2. The maximum atomic E-state index is 12.9. The van der Waals surface area contributed by atoms with Crippen LogP contribution in [0.15, 0.2) is 48.5 Å². The molecule has 0 aliphatic carbocycles. The van der Waals surface area contributed by atoms with Gasteiger partial charge >= 0.3 is 0 Å². The van der Waals surface area contributed by atoms with Crippen LogP contribution in [-0.2, 0) is 4.79 Å². The highest BCUT2D eigenvalue weighted by molar-refractivity contribution is 7.98. The van der Waals surface area contributed by atoms with Crippen LogP contribution in [0.4, 0.5) is 11.4 Å². The molecule has 6 nitrogen and oxygen atoms in total. The van der Waals surface area contributed by atoms with Crippen molar-refractivity contribution in [3.8, 4) is 0 Å². The van der Waals surface area contributed by atoms with Crippen molar-refractivity contribution < 1.29 is 9.59 Å². The van der Waals surface area contributed by atoms with Crippen molar-refractivity contribution in [2.45, 2.75) is 19.4 Å². The van der Waals surface area contributed by atoms with Crippen LogP contribution in [0.5, 0.6) is 0 Å². The summed E-state index contributed by atoms with van der Waals surface area (Å²) in [5, 5.41) is 5.87. The number of carbonyl (C=O) groups is 2. The molecular weight excluding hydrogens is 408 g/mol. The number of likely N-dealkylation sites (N-methyl/N-ethyl adjacent to an activating group) is 1. The van der Waals surface area contributed by atoms with Crippen molar-refractivity contribution in [1.82, 2.24) is 10.2 Å². The number of anilines is 2. The summed E-state index contributed by atoms with van der Waals surface area (Å²) >= 11 is 1.66. The molecule has 2 aromatic rings. The van der Waals surface area contributed by atoms with Crippen molar-refractivity contribution in [3.63, 3.8) is 0 Å². The summed E-state index contributed by atoms with van der Waals surface area (Å²) in [5.74, 6) is 0.368. The summed E-state index contributed by atoms with van der Waals surface area (Å²) in [5.41, 5.74) is 3.48. The normalized spacial score (nSPS) is 15.4. The zero-order valence-corrected chi connectivity index (χ0v) is 19.4. The Kier molecular flexibility index (Phi) is 8.37. The molecule has 2 aromatic carbocycles. The van der Waals surface area contributed by atoms with Gasteiger partial charge in [0.2, 0.25) is 5.91 Å². The van der Waals surface area contributed by atoms with Crippen molar-refractivity contribution >= 4 is 35.0 Å². The standard InChI is InChI=1S/C24H32N4O2S/c1-18-5-4-6-19(17-18)23(29)26-22(11-16-31-3)24(30)25-20-7-9-21(10-8-20)28-14-12-27(2)13-15-28/h4-10,17,22H,11-16H2,1-3H3,(H,25,30)(H,26,29). The SMILES string of the molecule is CSCCC(NC(=O)c1cccc(C)c1)C(=O)Nc1ccc(N2CCN(C)CC2)cc1. The first-order chi connectivity index (χ1) is 15.0. The Morgan fingerprint density at radius 1 is 1.06 bits per heavy atom. The number of thioether (sulfide) groups is 1. The molecule has 1 aliphatic heterocycles. The smallest absolute Gasteiger partial charge is 0.251 e. The van der Waals surface area contributed by atoms with Crippen LogP contribution in [0, 0.1) is 6.92 Å². The number of aryl methyl sites for hydroxylation is 1. The zero-order chi connectivity index (χ0) is 22.2. The molecule has 0 radical (unpaired) electrons. The molecule has 2 amide bonds. The van der Waals surface area contributed by atoms with Gasteiger partial charge < -0.3 is 20.4 Å². The Hall–Kier alpha value is -2.51. The third kappa shape index (κ3) is 6.74. The summed E-state index contributed by atoms with van der Waals surface area (Å²) < 4.78 is 0. The molecular formula is C24H32N4O2S. The van der Waals surface area contributed by atoms with Gasteiger partial charge in [0.25, 0.3) is 5.91 Å². The molecule has 166 valence electrons. The molecule has 1 aliphatic rings. The van der Waals surface area contributed by atoms with Gasteiger partial charge in [-0.25, -0.2) is 0 Å². The minimum absolute atomic E-state index is 0.192. The highest BCUT2D eigenvalue weighted by atomic mass is 32.2. The van der Waals surface area contributed by atoms with E-state index in [1.54, 1.807) is 17.8 Å². The largest absolute Gasteiger partial charge is 0.369 e. The van der Waals surface area contributed by atoms with Crippen LogP contribution >= 0.6 is 11.8 Å². The summed E-state index contributed by atoms with van der Waals surface area (Å²) in [6, 6.07) is 14.8. The van der Waals surface area contributed by atoms with Crippen molar-refractivity contribution in [2.75, 3.05) is 55.5 Å². The Labute approximate surface area is 189 Å². The second kappa shape index (κ2) is 11.2. The molecule has 3 rings (SSSR count). The number of rotatable bonds is 8. The Bertz CT molecular complexity index is 879. The summed E-state index contributed by atoms with van der Waals surface area (Å²) in [6.07, 6.45) is 2.57. The Morgan fingerprint density at radius 3 is 2.42 bits per heavy atom.